The fraction of sp³-hybridized carbons (Fsp3) is 0.118. The van der Waals surface area contributed by atoms with Crippen LogP contribution in [0.4, 0.5) is 10.8 Å². The number of ether oxygens (including phenoxy) is 1. The van der Waals surface area contributed by atoms with Crippen LogP contribution < -0.4 is 19.8 Å². The molecule has 0 unspecified atom stereocenters. The summed E-state index contributed by atoms with van der Waals surface area (Å²) >= 11 is 1.33. The molecule has 0 amide bonds. The SMILES string of the molecule is COc1ccc(-[n+]2noc([O-])c2CNc2nc3cc([N+](=O)[O-])ccc3s2)cc1. The summed E-state index contributed by atoms with van der Waals surface area (Å²) in [5.41, 5.74) is 1.42. The van der Waals surface area contributed by atoms with Gasteiger partial charge in [-0.05, 0) is 22.9 Å². The highest BCUT2D eigenvalue weighted by molar-refractivity contribution is 7.22. The number of nitro groups is 1. The lowest BCUT2D eigenvalue weighted by Gasteiger charge is -2.01. The third kappa shape index (κ3) is 3.30. The van der Waals surface area contributed by atoms with Gasteiger partial charge in [0.25, 0.3) is 11.4 Å². The van der Waals surface area contributed by atoms with Gasteiger partial charge in [0.05, 0.1) is 27.5 Å². The highest BCUT2D eigenvalue weighted by Crippen LogP contribution is 2.29. The lowest BCUT2D eigenvalue weighted by Crippen LogP contribution is -2.37. The van der Waals surface area contributed by atoms with E-state index in [1.54, 1.807) is 37.4 Å². The second-order valence-electron chi connectivity index (χ2n) is 5.70. The first-order valence-corrected chi connectivity index (χ1v) is 8.88. The van der Waals surface area contributed by atoms with Crippen LogP contribution in [0.3, 0.4) is 0 Å². The number of non-ortho nitro benzene ring substituents is 1. The number of benzene rings is 2. The molecular formula is C17H13N5O5S. The predicted octanol–water partition coefficient (Wildman–Crippen LogP) is 2.16. The second-order valence-corrected chi connectivity index (χ2v) is 6.73. The Hall–Kier alpha value is -3.73. The Kier molecular flexibility index (Phi) is 4.49. The maximum atomic E-state index is 12.0. The molecule has 2 aromatic carbocycles. The highest BCUT2D eigenvalue weighted by atomic mass is 32.1. The number of aromatic nitrogens is 3. The Morgan fingerprint density at radius 3 is 2.79 bits per heavy atom. The number of fused-ring (bicyclic) bond motifs is 1. The van der Waals surface area contributed by atoms with Crippen LogP contribution in [0.15, 0.2) is 47.0 Å². The highest BCUT2D eigenvalue weighted by Gasteiger charge is 2.21. The third-order valence-electron chi connectivity index (χ3n) is 4.00. The van der Waals surface area contributed by atoms with E-state index in [1.807, 2.05) is 0 Å². The zero-order valence-corrected chi connectivity index (χ0v) is 15.3. The summed E-state index contributed by atoms with van der Waals surface area (Å²) in [4.78, 5) is 14.8. The predicted molar refractivity (Wildman–Crippen MR) is 97.6 cm³/mol. The molecule has 0 bridgehead atoms. The van der Waals surface area contributed by atoms with E-state index in [2.05, 4.69) is 15.6 Å². The first kappa shape index (κ1) is 17.7. The second kappa shape index (κ2) is 7.12. The van der Waals surface area contributed by atoms with E-state index in [0.29, 0.717) is 22.1 Å². The molecule has 0 aliphatic rings. The van der Waals surface area contributed by atoms with Gasteiger partial charge in [-0.3, -0.25) is 10.1 Å². The number of hydrogen-bond donors (Lipinski definition) is 1. The molecule has 2 aromatic heterocycles. The number of anilines is 1. The van der Waals surface area contributed by atoms with Crippen molar-refractivity contribution >= 4 is 32.4 Å². The van der Waals surface area contributed by atoms with Crippen LogP contribution in [0.25, 0.3) is 15.9 Å². The first-order chi connectivity index (χ1) is 13.5. The van der Waals surface area contributed by atoms with Crippen LogP contribution in [0.1, 0.15) is 5.69 Å². The van der Waals surface area contributed by atoms with Gasteiger partial charge in [-0.1, -0.05) is 11.3 Å². The summed E-state index contributed by atoms with van der Waals surface area (Å²) in [5, 5.41) is 30.3. The molecule has 0 spiro atoms. The zero-order chi connectivity index (χ0) is 19.7. The minimum absolute atomic E-state index is 0.0254. The maximum absolute atomic E-state index is 12.0. The minimum atomic E-state index is -0.569. The summed E-state index contributed by atoms with van der Waals surface area (Å²) in [6.07, 6.45) is 0. The van der Waals surface area contributed by atoms with Crippen molar-refractivity contribution < 1.29 is 24.0 Å². The van der Waals surface area contributed by atoms with Crippen molar-refractivity contribution in [3.05, 3.63) is 58.3 Å². The van der Waals surface area contributed by atoms with Gasteiger partial charge >= 0.3 is 0 Å². The molecule has 10 nitrogen and oxygen atoms in total. The smallest absolute Gasteiger partial charge is 0.271 e. The molecule has 4 rings (SSSR count). The lowest BCUT2D eigenvalue weighted by atomic mass is 10.3. The average molecular weight is 399 g/mol. The van der Waals surface area contributed by atoms with E-state index < -0.39 is 10.9 Å². The number of thiazole rings is 1. The molecule has 28 heavy (non-hydrogen) atoms. The first-order valence-electron chi connectivity index (χ1n) is 8.06. The Balaban J connectivity index is 1.57. The summed E-state index contributed by atoms with van der Waals surface area (Å²) < 4.78 is 12.1. The largest absolute Gasteiger partial charge is 0.539 e. The molecule has 1 N–H and O–H groups in total. The fourth-order valence-electron chi connectivity index (χ4n) is 2.60. The van der Waals surface area contributed by atoms with Crippen molar-refractivity contribution in [3.63, 3.8) is 0 Å². The van der Waals surface area contributed by atoms with Gasteiger partial charge in [0.1, 0.15) is 12.3 Å². The van der Waals surface area contributed by atoms with Crippen molar-refractivity contribution in [1.82, 2.24) is 10.3 Å². The van der Waals surface area contributed by atoms with Crippen molar-refractivity contribution in [2.75, 3.05) is 12.4 Å². The Labute approximate surface area is 161 Å². The molecular weight excluding hydrogens is 386 g/mol. The normalized spacial score (nSPS) is 10.9. The van der Waals surface area contributed by atoms with E-state index in [0.717, 1.165) is 4.70 Å². The lowest BCUT2D eigenvalue weighted by molar-refractivity contribution is -0.677. The minimum Gasteiger partial charge on any atom is -0.539 e. The monoisotopic (exact) mass is 399 g/mol. The van der Waals surface area contributed by atoms with Crippen molar-refractivity contribution in [3.8, 4) is 17.4 Å². The number of methoxy groups -OCH3 is 1. The van der Waals surface area contributed by atoms with E-state index in [9.17, 15) is 15.2 Å². The Morgan fingerprint density at radius 2 is 2.07 bits per heavy atom. The molecule has 0 fully saturated rings. The molecule has 0 saturated heterocycles. The molecule has 0 radical (unpaired) electrons. The Bertz CT molecular complexity index is 1150. The third-order valence-corrected chi connectivity index (χ3v) is 5.00. The van der Waals surface area contributed by atoms with Gasteiger partial charge in [0, 0.05) is 24.3 Å². The van der Waals surface area contributed by atoms with Gasteiger partial charge in [0.2, 0.25) is 5.69 Å². The number of nitro benzene ring substituents is 1. The van der Waals surface area contributed by atoms with Crippen LogP contribution in [-0.4, -0.2) is 22.3 Å². The van der Waals surface area contributed by atoms with Crippen LogP contribution in [0, 0.1) is 10.1 Å². The summed E-state index contributed by atoms with van der Waals surface area (Å²) in [6, 6.07) is 11.5. The van der Waals surface area contributed by atoms with Crippen molar-refractivity contribution in [2.45, 2.75) is 6.54 Å². The molecule has 0 aliphatic carbocycles. The zero-order valence-electron chi connectivity index (χ0n) is 14.5. The van der Waals surface area contributed by atoms with Gasteiger partial charge in [-0.25, -0.2) is 4.98 Å². The van der Waals surface area contributed by atoms with Gasteiger partial charge in [0.15, 0.2) is 11.1 Å². The van der Waals surface area contributed by atoms with Crippen LogP contribution in [-0.2, 0) is 6.54 Å². The fourth-order valence-corrected chi connectivity index (χ4v) is 3.45. The van der Waals surface area contributed by atoms with E-state index in [4.69, 9.17) is 9.26 Å². The molecule has 142 valence electrons. The quantitative estimate of drug-likeness (QED) is 0.296. The summed E-state index contributed by atoms with van der Waals surface area (Å²) in [6.45, 7) is 0.121. The van der Waals surface area contributed by atoms with E-state index in [-0.39, 0.29) is 17.9 Å². The van der Waals surface area contributed by atoms with Crippen LogP contribution in [0.5, 0.6) is 11.7 Å². The standard InChI is InChI=1S/C17H13N5O5S/c1-26-12-5-2-10(3-6-12)21-14(16(23)27-20-21)9-18-17-19-13-8-11(22(24)25)4-7-15(13)28-17/h2-8H,9H2,1H3,(H-,18,19,20,23). The summed E-state index contributed by atoms with van der Waals surface area (Å²) in [7, 11) is 1.57. The number of hydrogen-bond acceptors (Lipinski definition) is 9. The molecule has 11 heteroatoms. The maximum Gasteiger partial charge on any atom is 0.271 e. The topological polar surface area (TPSA) is 130 Å². The molecule has 0 saturated carbocycles. The number of rotatable bonds is 6. The average Bonchev–Trinajstić information content (AvgIpc) is 3.28. The Morgan fingerprint density at radius 1 is 1.29 bits per heavy atom. The molecule has 0 atom stereocenters. The van der Waals surface area contributed by atoms with Crippen molar-refractivity contribution in [1.29, 1.82) is 0 Å². The van der Waals surface area contributed by atoms with Gasteiger partial charge < -0.3 is 19.7 Å². The van der Waals surface area contributed by atoms with E-state index >= 15 is 0 Å². The molecule has 0 aliphatic heterocycles. The molecule has 2 heterocycles. The summed E-state index contributed by atoms with van der Waals surface area (Å²) in [5.74, 6) is 0.110. The van der Waals surface area contributed by atoms with Gasteiger partial charge in [-0.15, -0.1) is 0 Å². The molecule has 4 aromatic rings. The number of nitrogens with one attached hydrogen (secondary N) is 1. The van der Waals surface area contributed by atoms with Crippen molar-refractivity contribution in [2.24, 2.45) is 0 Å². The number of nitrogens with zero attached hydrogens (tertiary/aromatic N) is 4. The van der Waals surface area contributed by atoms with Crippen LogP contribution >= 0.6 is 11.3 Å². The van der Waals surface area contributed by atoms with E-state index in [1.165, 1.54) is 28.2 Å². The van der Waals surface area contributed by atoms with Crippen LogP contribution in [0.2, 0.25) is 0 Å². The van der Waals surface area contributed by atoms with Gasteiger partial charge in [-0.2, -0.15) is 0 Å².